The van der Waals surface area contributed by atoms with E-state index in [1.54, 1.807) is 38.5 Å². The molecule has 0 atom stereocenters. The zero-order valence-electron chi connectivity index (χ0n) is 22.8. The van der Waals surface area contributed by atoms with E-state index in [1.807, 2.05) is 34.9 Å². The van der Waals surface area contributed by atoms with E-state index in [2.05, 4.69) is 10.1 Å². The first-order valence-corrected chi connectivity index (χ1v) is 11.7. The Morgan fingerprint density at radius 2 is 1.64 bits per heavy atom. The number of carboxylic acids is 1. The van der Waals surface area contributed by atoms with Crippen LogP contribution in [0.3, 0.4) is 0 Å². The Morgan fingerprint density at radius 1 is 0.949 bits per heavy atom. The van der Waals surface area contributed by atoms with Gasteiger partial charge in [-0.05, 0) is 35.4 Å². The third-order valence-corrected chi connectivity index (χ3v) is 6.22. The molecule has 0 saturated heterocycles. The van der Waals surface area contributed by atoms with Crippen molar-refractivity contribution in [2.45, 2.75) is 13.1 Å². The van der Waals surface area contributed by atoms with Gasteiger partial charge in [-0.15, -0.1) is 0 Å². The van der Waals surface area contributed by atoms with E-state index in [-0.39, 0.29) is 38.0 Å². The van der Waals surface area contributed by atoms with Crippen molar-refractivity contribution in [2.24, 2.45) is 0 Å². The number of rotatable bonds is 8. The average molecular weight is 519 g/mol. The molecule has 0 bridgehead atoms. The van der Waals surface area contributed by atoms with E-state index < -0.39 is 5.97 Å². The minimum Gasteiger partial charge on any atom is -1.00 e. The Labute approximate surface area is 237 Å². The molecule has 39 heavy (non-hydrogen) atoms. The van der Waals surface area contributed by atoms with Crippen LogP contribution in [0.15, 0.2) is 77.6 Å². The summed E-state index contributed by atoms with van der Waals surface area (Å²) in [6, 6.07) is 21.0. The van der Waals surface area contributed by atoms with Gasteiger partial charge in [-0.25, -0.2) is 14.5 Å². The minimum absolute atomic E-state index is 0. The summed E-state index contributed by atoms with van der Waals surface area (Å²) in [5.74, 6) is 0.482. The van der Waals surface area contributed by atoms with Crippen molar-refractivity contribution in [1.82, 2.24) is 19.3 Å². The monoisotopic (exact) mass is 519 g/mol. The second-order valence-corrected chi connectivity index (χ2v) is 8.67. The maximum absolute atomic E-state index is 12.5. The molecule has 11 heteroatoms. The Morgan fingerprint density at radius 3 is 2.36 bits per heavy atom. The zero-order valence-corrected chi connectivity index (χ0v) is 21.8. The summed E-state index contributed by atoms with van der Waals surface area (Å²) in [5.41, 5.74) is 10.7. The molecule has 2 aromatic heterocycles. The standard InChI is InChI=1S/C28H25N5O5.Li.H/c1-37-24-13-22-23(14-25(24)38-2)32(28(29)30-22)15-17-5-3-7-19(11-17)21-9-10-26(34)33(31-21)16-18-6-4-8-20(12-18)27(35)36;;/h3-14H,15-16H2,1-2H3,(H2,29,30)(H,35,36);;/q;+1;-1. The molecule has 0 aliphatic rings. The number of anilines is 1. The zero-order chi connectivity index (χ0) is 26.8. The number of aromatic carboxylic acids is 1. The number of nitrogens with two attached hydrogens (primary N) is 1. The van der Waals surface area contributed by atoms with Gasteiger partial charge < -0.3 is 26.3 Å². The van der Waals surface area contributed by atoms with Gasteiger partial charge in [-0.1, -0.05) is 30.3 Å². The van der Waals surface area contributed by atoms with Crippen molar-refractivity contribution in [2.75, 3.05) is 20.0 Å². The van der Waals surface area contributed by atoms with Crippen molar-refractivity contribution in [3.63, 3.8) is 0 Å². The molecule has 3 N–H and O–H groups in total. The number of carbonyl (C=O) groups is 1. The molecule has 5 aromatic rings. The topological polar surface area (TPSA) is 134 Å². The van der Waals surface area contributed by atoms with Gasteiger partial charge in [0.1, 0.15) is 0 Å². The minimum atomic E-state index is -1.03. The SMILES string of the molecule is COc1cc2nc(N)n(Cc3cccc(-c4ccc(=O)n(Cc5cccc(C(=O)O)c5)n4)c3)c2cc1OC.[H-].[Li+]. The van der Waals surface area contributed by atoms with E-state index in [0.717, 1.165) is 16.6 Å². The van der Waals surface area contributed by atoms with Crippen molar-refractivity contribution in [3.8, 4) is 22.8 Å². The maximum Gasteiger partial charge on any atom is 1.00 e. The first-order valence-electron chi connectivity index (χ1n) is 11.7. The number of imidazole rings is 1. The van der Waals surface area contributed by atoms with Crippen LogP contribution in [0.1, 0.15) is 22.9 Å². The number of hydrogen-bond acceptors (Lipinski definition) is 7. The third-order valence-electron chi connectivity index (χ3n) is 6.22. The quantitative estimate of drug-likeness (QED) is 0.287. The molecule has 0 amide bonds. The number of aromatic nitrogens is 4. The number of nitrogens with zero attached hydrogens (tertiary/aromatic N) is 4. The fraction of sp³-hybridized carbons (Fsp3) is 0.143. The van der Waals surface area contributed by atoms with Crippen LogP contribution in [-0.2, 0) is 13.1 Å². The largest absolute Gasteiger partial charge is 1.00 e. The molecule has 5 rings (SSSR count). The Bertz CT molecular complexity index is 1740. The van der Waals surface area contributed by atoms with Crippen LogP contribution in [0.4, 0.5) is 5.95 Å². The summed E-state index contributed by atoms with van der Waals surface area (Å²) >= 11 is 0. The van der Waals surface area contributed by atoms with Gasteiger partial charge in [0.2, 0.25) is 5.95 Å². The number of benzene rings is 3. The Hall–Kier alpha value is -4.52. The Balaban J connectivity index is 0.00000220. The van der Waals surface area contributed by atoms with Crippen LogP contribution in [0.2, 0.25) is 0 Å². The molecule has 0 unspecified atom stereocenters. The van der Waals surface area contributed by atoms with Gasteiger partial charge in [0, 0.05) is 23.8 Å². The van der Waals surface area contributed by atoms with E-state index in [0.29, 0.717) is 40.8 Å². The first kappa shape index (κ1) is 27.5. The molecular formula is C28H26LiN5O5. The maximum atomic E-state index is 12.5. The van der Waals surface area contributed by atoms with Gasteiger partial charge >= 0.3 is 24.8 Å². The molecule has 3 aromatic carbocycles. The summed E-state index contributed by atoms with van der Waals surface area (Å²) in [7, 11) is 3.15. The van der Waals surface area contributed by atoms with Crippen molar-refractivity contribution >= 4 is 23.0 Å². The number of ether oxygens (including phenoxy) is 2. The van der Waals surface area contributed by atoms with E-state index in [9.17, 15) is 14.7 Å². The molecule has 0 aliphatic heterocycles. The molecule has 0 aliphatic carbocycles. The fourth-order valence-electron chi connectivity index (χ4n) is 4.34. The number of methoxy groups -OCH3 is 2. The normalized spacial score (nSPS) is 10.7. The van der Waals surface area contributed by atoms with Gasteiger partial charge in [0.15, 0.2) is 11.5 Å². The predicted molar refractivity (Wildman–Crippen MR) is 144 cm³/mol. The van der Waals surface area contributed by atoms with Crippen LogP contribution in [0.5, 0.6) is 11.5 Å². The number of fused-ring (bicyclic) bond motifs is 1. The van der Waals surface area contributed by atoms with Crippen molar-refractivity contribution in [1.29, 1.82) is 0 Å². The molecule has 10 nitrogen and oxygen atoms in total. The molecule has 0 saturated carbocycles. The molecular weight excluding hydrogens is 493 g/mol. The van der Waals surface area contributed by atoms with Gasteiger partial charge in [-0.2, -0.15) is 5.10 Å². The van der Waals surface area contributed by atoms with Crippen LogP contribution in [0, 0.1) is 0 Å². The van der Waals surface area contributed by atoms with Crippen LogP contribution >= 0.6 is 0 Å². The summed E-state index contributed by atoms with van der Waals surface area (Å²) in [6.07, 6.45) is 0. The first-order chi connectivity index (χ1) is 18.4. The van der Waals surface area contributed by atoms with Crippen molar-refractivity contribution < 1.29 is 39.7 Å². The van der Waals surface area contributed by atoms with Crippen LogP contribution in [-0.4, -0.2) is 44.6 Å². The molecule has 2 heterocycles. The van der Waals surface area contributed by atoms with E-state index >= 15 is 0 Å². The smallest absolute Gasteiger partial charge is 1.00 e. The fourth-order valence-corrected chi connectivity index (χ4v) is 4.34. The second kappa shape index (κ2) is 11.5. The third kappa shape index (κ3) is 5.67. The summed E-state index contributed by atoms with van der Waals surface area (Å²) < 4.78 is 14.0. The number of carboxylic acid groups (broad SMARTS) is 1. The van der Waals surface area contributed by atoms with Crippen LogP contribution in [0.25, 0.3) is 22.3 Å². The molecule has 0 spiro atoms. The average Bonchev–Trinajstić information content (AvgIpc) is 3.22. The molecule has 0 fully saturated rings. The summed E-state index contributed by atoms with van der Waals surface area (Å²) in [6.45, 7) is 0.601. The number of nitrogen functional groups attached to an aromatic ring is 1. The van der Waals surface area contributed by atoms with Gasteiger partial charge in [0.05, 0.1) is 49.6 Å². The summed E-state index contributed by atoms with van der Waals surface area (Å²) in [4.78, 5) is 28.3. The second-order valence-electron chi connectivity index (χ2n) is 8.67. The Kier molecular flexibility index (Phi) is 8.09. The number of hydrogen-bond donors (Lipinski definition) is 2. The van der Waals surface area contributed by atoms with E-state index in [1.165, 1.54) is 22.9 Å². The molecule has 194 valence electrons. The van der Waals surface area contributed by atoms with Crippen molar-refractivity contribution in [3.05, 3.63) is 99.8 Å². The predicted octanol–water partition coefficient (Wildman–Crippen LogP) is 0.771. The van der Waals surface area contributed by atoms with E-state index in [4.69, 9.17) is 15.2 Å². The summed E-state index contributed by atoms with van der Waals surface area (Å²) in [5, 5.41) is 13.8. The van der Waals surface area contributed by atoms with Gasteiger partial charge in [-0.3, -0.25) is 4.79 Å². The van der Waals surface area contributed by atoms with Gasteiger partial charge in [0.25, 0.3) is 5.56 Å². The van der Waals surface area contributed by atoms with Crippen LogP contribution < -0.4 is 39.6 Å². The molecule has 0 radical (unpaired) electrons.